The molecular formula is C24H30Cl2N2O2S. The number of rotatable bonds is 9. The first-order valence-electron chi connectivity index (χ1n) is 10.2. The maximum Gasteiger partial charge on any atom is 0.242 e. The lowest BCUT2D eigenvalue weighted by Gasteiger charge is -2.31. The zero-order valence-electron chi connectivity index (χ0n) is 18.5. The number of nitrogens with zero attached hydrogens (tertiary/aromatic N) is 1. The van der Waals surface area contributed by atoms with Gasteiger partial charge in [0.25, 0.3) is 0 Å². The molecule has 0 aliphatic heterocycles. The van der Waals surface area contributed by atoms with Crippen LogP contribution in [0, 0.1) is 0 Å². The monoisotopic (exact) mass is 480 g/mol. The predicted molar refractivity (Wildman–Crippen MR) is 132 cm³/mol. The molecule has 1 atom stereocenters. The van der Waals surface area contributed by atoms with E-state index < -0.39 is 6.04 Å². The lowest BCUT2D eigenvalue weighted by molar-refractivity contribution is -0.140. The van der Waals surface area contributed by atoms with Crippen molar-refractivity contribution in [2.24, 2.45) is 0 Å². The summed E-state index contributed by atoms with van der Waals surface area (Å²) in [5, 5.41) is 3.97. The van der Waals surface area contributed by atoms with Gasteiger partial charge in [-0.15, -0.1) is 0 Å². The standard InChI is InChI=1S/C24H30Cl2N2O2S/c1-17(23(30)27-24(2,3)4)28(15-19-10-11-20(25)14-21(19)26)22(29)12-13-31-16-18-8-6-5-7-9-18/h5-11,14,17H,12-13,15-16H2,1-4H3,(H,27,30)/t17-/m0/s1. The number of amides is 2. The van der Waals surface area contributed by atoms with Gasteiger partial charge >= 0.3 is 0 Å². The Balaban J connectivity index is 2.07. The summed E-state index contributed by atoms with van der Waals surface area (Å²) in [6, 6.07) is 14.7. The van der Waals surface area contributed by atoms with Gasteiger partial charge < -0.3 is 10.2 Å². The summed E-state index contributed by atoms with van der Waals surface area (Å²) in [5.74, 6) is 1.25. The first-order valence-corrected chi connectivity index (χ1v) is 12.1. The average Bonchev–Trinajstić information content (AvgIpc) is 2.69. The van der Waals surface area contributed by atoms with E-state index in [1.807, 2.05) is 39.0 Å². The van der Waals surface area contributed by atoms with Crippen LogP contribution < -0.4 is 5.32 Å². The van der Waals surface area contributed by atoms with Crippen LogP contribution in [0.2, 0.25) is 10.0 Å². The van der Waals surface area contributed by atoms with E-state index >= 15 is 0 Å². The number of carbonyl (C=O) groups excluding carboxylic acids is 2. The van der Waals surface area contributed by atoms with Gasteiger partial charge in [-0.2, -0.15) is 11.8 Å². The summed E-state index contributed by atoms with van der Waals surface area (Å²) in [6.45, 7) is 7.75. The zero-order valence-corrected chi connectivity index (χ0v) is 20.8. The summed E-state index contributed by atoms with van der Waals surface area (Å²) >= 11 is 14.0. The number of hydrogen-bond acceptors (Lipinski definition) is 3. The number of halogens is 2. The molecule has 0 heterocycles. The molecule has 4 nitrogen and oxygen atoms in total. The van der Waals surface area contributed by atoms with Gasteiger partial charge in [-0.05, 0) is 51.0 Å². The van der Waals surface area contributed by atoms with E-state index in [1.165, 1.54) is 5.56 Å². The molecule has 168 valence electrons. The molecule has 0 aliphatic rings. The van der Waals surface area contributed by atoms with Crippen LogP contribution in [-0.4, -0.2) is 34.0 Å². The quantitative estimate of drug-likeness (QED) is 0.451. The lowest BCUT2D eigenvalue weighted by atomic mass is 10.1. The normalized spacial score (nSPS) is 12.3. The molecule has 31 heavy (non-hydrogen) atoms. The minimum Gasteiger partial charge on any atom is -0.350 e. The molecule has 7 heteroatoms. The second kappa shape index (κ2) is 11.8. The number of benzene rings is 2. The van der Waals surface area contributed by atoms with Crippen LogP contribution in [0.25, 0.3) is 0 Å². The van der Waals surface area contributed by atoms with E-state index in [0.717, 1.165) is 11.3 Å². The summed E-state index contributed by atoms with van der Waals surface area (Å²) in [6.07, 6.45) is 0.343. The van der Waals surface area contributed by atoms with Crippen molar-refractivity contribution in [1.82, 2.24) is 10.2 Å². The third-order valence-corrected chi connectivity index (χ3v) is 6.21. The van der Waals surface area contributed by atoms with E-state index in [-0.39, 0.29) is 23.9 Å². The predicted octanol–water partition coefficient (Wildman–Crippen LogP) is 5.95. The Morgan fingerprint density at radius 3 is 2.39 bits per heavy atom. The highest BCUT2D eigenvalue weighted by Crippen LogP contribution is 2.24. The molecule has 0 saturated carbocycles. The zero-order chi connectivity index (χ0) is 23.0. The Kier molecular flexibility index (Phi) is 9.73. The number of thioether (sulfide) groups is 1. The molecule has 0 aromatic heterocycles. The Morgan fingerprint density at radius 2 is 1.77 bits per heavy atom. The summed E-state index contributed by atoms with van der Waals surface area (Å²) < 4.78 is 0. The van der Waals surface area contributed by atoms with Gasteiger partial charge in [0.15, 0.2) is 0 Å². The Morgan fingerprint density at radius 1 is 1.10 bits per heavy atom. The minimum atomic E-state index is -0.627. The van der Waals surface area contributed by atoms with Crippen molar-refractivity contribution in [2.45, 2.75) is 58.0 Å². The van der Waals surface area contributed by atoms with Crippen LogP contribution >= 0.6 is 35.0 Å². The molecule has 2 aromatic carbocycles. The van der Waals surface area contributed by atoms with Crippen molar-refractivity contribution in [3.05, 3.63) is 69.7 Å². The molecule has 2 aromatic rings. The first kappa shape index (κ1) is 25.6. The van der Waals surface area contributed by atoms with Crippen LogP contribution in [-0.2, 0) is 21.9 Å². The van der Waals surface area contributed by atoms with Gasteiger partial charge in [0.05, 0.1) is 0 Å². The molecule has 0 spiro atoms. The molecule has 2 rings (SSSR count). The number of hydrogen-bond donors (Lipinski definition) is 1. The summed E-state index contributed by atoms with van der Waals surface area (Å²) in [5.41, 5.74) is 1.60. The second-order valence-corrected chi connectivity index (χ2v) is 10.4. The highest BCUT2D eigenvalue weighted by molar-refractivity contribution is 7.98. The molecule has 1 N–H and O–H groups in total. The van der Waals surface area contributed by atoms with Crippen LogP contribution in [0.15, 0.2) is 48.5 Å². The number of carbonyl (C=O) groups is 2. The van der Waals surface area contributed by atoms with Crippen molar-refractivity contribution in [2.75, 3.05) is 5.75 Å². The van der Waals surface area contributed by atoms with E-state index in [4.69, 9.17) is 23.2 Å². The van der Waals surface area contributed by atoms with Gasteiger partial charge in [-0.3, -0.25) is 9.59 Å². The summed E-state index contributed by atoms with van der Waals surface area (Å²) in [7, 11) is 0. The van der Waals surface area contributed by atoms with Crippen molar-refractivity contribution < 1.29 is 9.59 Å². The van der Waals surface area contributed by atoms with Gasteiger partial charge in [0, 0.05) is 40.1 Å². The average molecular weight is 481 g/mol. The fraction of sp³-hybridized carbons (Fsp3) is 0.417. The Hall–Kier alpha value is -1.69. The molecular weight excluding hydrogens is 451 g/mol. The highest BCUT2D eigenvalue weighted by Gasteiger charge is 2.28. The van der Waals surface area contributed by atoms with E-state index in [1.54, 1.807) is 41.8 Å². The van der Waals surface area contributed by atoms with Crippen LogP contribution in [0.1, 0.15) is 45.2 Å². The van der Waals surface area contributed by atoms with E-state index in [9.17, 15) is 9.59 Å². The van der Waals surface area contributed by atoms with Crippen LogP contribution in [0.4, 0.5) is 0 Å². The highest BCUT2D eigenvalue weighted by atomic mass is 35.5. The van der Waals surface area contributed by atoms with Crippen LogP contribution in [0.3, 0.4) is 0 Å². The minimum absolute atomic E-state index is 0.0804. The Bertz CT molecular complexity index is 885. The molecule has 0 aliphatic carbocycles. The van der Waals surface area contributed by atoms with Gasteiger partial charge in [-0.25, -0.2) is 0 Å². The van der Waals surface area contributed by atoms with E-state index in [0.29, 0.717) is 22.2 Å². The summed E-state index contributed by atoms with van der Waals surface area (Å²) in [4.78, 5) is 27.5. The topological polar surface area (TPSA) is 49.4 Å². The fourth-order valence-corrected chi connectivity index (χ4v) is 4.32. The maximum absolute atomic E-state index is 13.1. The Labute approximate surface area is 199 Å². The van der Waals surface area contributed by atoms with Crippen molar-refractivity contribution in [1.29, 1.82) is 0 Å². The molecule has 2 amide bonds. The molecule has 0 radical (unpaired) electrons. The largest absolute Gasteiger partial charge is 0.350 e. The number of nitrogens with one attached hydrogen (secondary N) is 1. The van der Waals surface area contributed by atoms with Gasteiger partial charge in [0.1, 0.15) is 6.04 Å². The second-order valence-electron chi connectivity index (χ2n) is 8.46. The smallest absolute Gasteiger partial charge is 0.242 e. The lowest BCUT2D eigenvalue weighted by Crippen LogP contribution is -2.52. The van der Waals surface area contributed by atoms with Crippen molar-refractivity contribution >= 4 is 46.8 Å². The first-order chi connectivity index (χ1) is 14.6. The molecule has 0 fully saturated rings. The fourth-order valence-electron chi connectivity index (χ4n) is 2.96. The van der Waals surface area contributed by atoms with Gasteiger partial charge in [-0.1, -0.05) is 59.6 Å². The molecule has 0 saturated heterocycles. The molecule has 0 unspecified atom stereocenters. The van der Waals surface area contributed by atoms with Gasteiger partial charge in [0.2, 0.25) is 11.8 Å². The van der Waals surface area contributed by atoms with Crippen molar-refractivity contribution in [3.8, 4) is 0 Å². The van der Waals surface area contributed by atoms with Crippen molar-refractivity contribution in [3.63, 3.8) is 0 Å². The van der Waals surface area contributed by atoms with E-state index in [2.05, 4.69) is 17.4 Å². The SMILES string of the molecule is C[C@@H](C(=O)NC(C)(C)C)N(Cc1ccc(Cl)cc1Cl)C(=O)CCSCc1ccccc1. The molecule has 0 bridgehead atoms. The third kappa shape index (κ3) is 8.76. The third-order valence-electron chi connectivity index (χ3n) is 4.59. The van der Waals surface area contributed by atoms with Crippen LogP contribution in [0.5, 0.6) is 0 Å². The maximum atomic E-state index is 13.1.